The van der Waals surface area contributed by atoms with Gasteiger partial charge in [0.25, 0.3) is 0 Å². The van der Waals surface area contributed by atoms with E-state index >= 15 is 0 Å². The molecular weight excluding hydrogens is 335 g/mol. The van der Waals surface area contributed by atoms with Crippen molar-refractivity contribution in [2.75, 3.05) is 5.32 Å². The van der Waals surface area contributed by atoms with E-state index in [1.165, 1.54) is 25.0 Å². The topological polar surface area (TPSA) is 33.3 Å². The average molecular weight is 358 g/mol. The van der Waals surface area contributed by atoms with Crippen molar-refractivity contribution < 1.29 is 9.13 Å². The highest BCUT2D eigenvalue weighted by Crippen LogP contribution is 2.25. The summed E-state index contributed by atoms with van der Waals surface area (Å²) >= 11 is 5.36. The molecule has 0 aromatic heterocycles. The molecule has 3 nitrogen and oxygen atoms in total. The van der Waals surface area contributed by atoms with Crippen LogP contribution in [0.3, 0.4) is 0 Å². The Balaban J connectivity index is 1.50. The van der Waals surface area contributed by atoms with Crippen LogP contribution in [0.4, 0.5) is 10.1 Å². The normalized spacial score (nSPS) is 15.6. The molecule has 1 fully saturated rings. The van der Waals surface area contributed by atoms with Gasteiger partial charge in [0.15, 0.2) is 5.11 Å². The van der Waals surface area contributed by atoms with Crippen molar-refractivity contribution in [2.45, 2.75) is 44.8 Å². The lowest BCUT2D eigenvalue weighted by Crippen LogP contribution is -2.30. The van der Waals surface area contributed by atoms with Crippen LogP contribution in [-0.4, -0.2) is 11.2 Å². The predicted octanol–water partition coefficient (Wildman–Crippen LogP) is 5.19. The summed E-state index contributed by atoms with van der Waals surface area (Å²) in [5, 5.41) is 6.90. The van der Waals surface area contributed by atoms with Crippen LogP contribution >= 0.6 is 12.2 Å². The fourth-order valence-corrected chi connectivity index (χ4v) is 3.31. The van der Waals surface area contributed by atoms with Crippen LogP contribution in [-0.2, 0) is 0 Å². The number of ether oxygens (including phenoxy) is 1. The van der Waals surface area contributed by atoms with E-state index in [9.17, 15) is 4.39 Å². The molecule has 0 heterocycles. The molecule has 0 aliphatic heterocycles. The van der Waals surface area contributed by atoms with Gasteiger partial charge in [-0.15, -0.1) is 0 Å². The minimum atomic E-state index is -0.239. The van der Waals surface area contributed by atoms with Crippen molar-refractivity contribution in [1.29, 1.82) is 0 Å². The van der Waals surface area contributed by atoms with Gasteiger partial charge in [-0.2, -0.15) is 0 Å². The van der Waals surface area contributed by atoms with E-state index in [-0.39, 0.29) is 11.9 Å². The third-order valence-electron chi connectivity index (χ3n) is 4.43. The van der Waals surface area contributed by atoms with Crippen LogP contribution in [0.5, 0.6) is 5.75 Å². The predicted molar refractivity (Wildman–Crippen MR) is 103 cm³/mol. The Morgan fingerprint density at radius 3 is 2.36 bits per heavy atom. The van der Waals surface area contributed by atoms with E-state index in [0.29, 0.717) is 11.2 Å². The van der Waals surface area contributed by atoms with Gasteiger partial charge in [0.2, 0.25) is 0 Å². The fourth-order valence-electron chi connectivity index (χ4n) is 3.01. The Hall–Kier alpha value is -2.14. The molecule has 0 radical (unpaired) electrons. The molecule has 1 saturated carbocycles. The molecule has 1 aliphatic rings. The molecule has 0 spiro atoms. The first kappa shape index (κ1) is 17.7. The van der Waals surface area contributed by atoms with Gasteiger partial charge >= 0.3 is 0 Å². The fraction of sp³-hybridized carbons (Fsp3) is 0.350. The Bertz CT molecular complexity index is 697. The van der Waals surface area contributed by atoms with Gasteiger partial charge in [0.1, 0.15) is 11.6 Å². The summed E-state index contributed by atoms with van der Waals surface area (Å²) in [6.45, 7) is 1.99. The number of nitrogens with one attached hydrogen (secondary N) is 2. The van der Waals surface area contributed by atoms with Gasteiger partial charge in [-0.05, 0) is 86.8 Å². The van der Waals surface area contributed by atoms with Crippen LogP contribution in [0.25, 0.3) is 0 Å². The zero-order valence-corrected chi connectivity index (χ0v) is 15.1. The van der Waals surface area contributed by atoms with Crippen molar-refractivity contribution >= 4 is 23.0 Å². The summed E-state index contributed by atoms with van der Waals surface area (Å²) in [5.74, 6) is 0.660. The largest absolute Gasteiger partial charge is 0.490 e. The molecule has 1 atom stereocenters. The van der Waals surface area contributed by atoms with E-state index in [4.69, 9.17) is 17.0 Å². The maximum absolute atomic E-state index is 13.0. The molecule has 2 N–H and O–H groups in total. The van der Waals surface area contributed by atoms with E-state index < -0.39 is 0 Å². The number of hydrogen-bond donors (Lipinski definition) is 2. The highest BCUT2D eigenvalue weighted by molar-refractivity contribution is 7.80. The first-order valence-electron chi connectivity index (χ1n) is 8.70. The highest BCUT2D eigenvalue weighted by atomic mass is 32.1. The Morgan fingerprint density at radius 2 is 1.72 bits per heavy atom. The Labute approximate surface area is 153 Å². The molecule has 0 bridgehead atoms. The van der Waals surface area contributed by atoms with Crippen LogP contribution in [0.2, 0.25) is 0 Å². The lowest BCUT2D eigenvalue weighted by Gasteiger charge is -2.18. The summed E-state index contributed by atoms with van der Waals surface area (Å²) in [5.41, 5.74) is 1.88. The lowest BCUT2D eigenvalue weighted by atomic mass is 10.1. The monoisotopic (exact) mass is 358 g/mol. The van der Waals surface area contributed by atoms with Crippen molar-refractivity contribution in [3.63, 3.8) is 0 Å². The van der Waals surface area contributed by atoms with Crippen molar-refractivity contribution in [3.8, 4) is 5.75 Å². The third kappa shape index (κ3) is 5.16. The number of hydrogen-bond acceptors (Lipinski definition) is 2. The van der Waals surface area contributed by atoms with E-state index in [2.05, 4.69) is 10.6 Å². The molecule has 5 heteroatoms. The molecule has 2 aromatic rings. The molecule has 132 valence electrons. The summed E-state index contributed by atoms with van der Waals surface area (Å²) in [6.07, 6.45) is 5.18. The van der Waals surface area contributed by atoms with Gasteiger partial charge in [-0.25, -0.2) is 4.39 Å². The molecule has 1 aliphatic carbocycles. The number of benzene rings is 2. The lowest BCUT2D eigenvalue weighted by molar-refractivity contribution is 0.210. The van der Waals surface area contributed by atoms with Crippen LogP contribution in [0, 0.1) is 5.82 Å². The quantitative estimate of drug-likeness (QED) is 0.720. The number of rotatable bonds is 5. The maximum atomic E-state index is 13.0. The second kappa shape index (κ2) is 8.30. The SMILES string of the molecule is C[C@@H](NC(=S)Nc1ccc(OC2CCCC2)cc1)c1ccc(F)cc1. The summed E-state index contributed by atoms with van der Waals surface area (Å²) in [7, 11) is 0. The van der Waals surface area contributed by atoms with Crippen LogP contribution in [0.1, 0.15) is 44.2 Å². The van der Waals surface area contributed by atoms with E-state index in [1.807, 2.05) is 31.2 Å². The Kier molecular flexibility index (Phi) is 5.87. The first-order chi connectivity index (χ1) is 12.1. The minimum Gasteiger partial charge on any atom is -0.490 e. The molecule has 25 heavy (non-hydrogen) atoms. The summed E-state index contributed by atoms with van der Waals surface area (Å²) in [6, 6.07) is 14.3. The molecule has 0 amide bonds. The minimum absolute atomic E-state index is 0.00873. The van der Waals surface area contributed by atoms with Gasteiger partial charge in [0, 0.05) is 5.69 Å². The van der Waals surface area contributed by atoms with Crippen molar-refractivity contribution in [3.05, 3.63) is 59.9 Å². The van der Waals surface area contributed by atoms with Crippen molar-refractivity contribution in [1.82, 2.24) is 5.32 Å². The van der Waals surface area contributed by atoms with E-state index in [1.54, 1.807) is 12.1 Å². The summed E-state index contributed by atoms with van der Waals surface area (Å²) < 4.78 is 19.0. The van der Waals surface area contributed by atoms with Gasteiger partial charge in [-0.1, -0.05) is 12.1 Å². The van der Waals surface area contributed by atoms with Gasteiger partial charge in [-0.3, -0.25) is 0 Å². The maximum Gasteiger partial charge on any atom is 0.171 e. The molecular formula is C20H23FN2OS. The smallest absolute Gasteiger partial charge is 0.171 e. The van der Waals surface area contributed by atoms with Crippen LogP contribution in [0.15, 0.2) is 48.5 Å². The first-order valence-corrected chi connectivity index (χ1v) is 9.11. The van der Waals surface area contributed by atoms with Gasteiger partial charge in [0.05, 0.1) is 12.1 Å². The standard InChI is InChI=1S/C20H23FN2OS/c1-14(15-6-8-16(21)9-7-15)22-20(25)23-17-10-12-19(13-11-17)24-18-4-2-3-5-18/h6-14,18H,2-5H2,1H3,(H2,22,23,25)/t14-/m1/s1. The number of halogens is 1. The zero-order valence-electron chi connectivity index (χ0n) is 14.3. The summed E-state index contributed by atoms with van der Waals surface area (Å²) in [4.78, 5) is 0. The molecule has 0 unspecified atom stereocenters. The molecule has 0 saturated heterocycles. The van der Waals surface area contributed by atoms with Crippen molar-refractivity contribution in [2.24, 2.45) is 0 Å². The highest BCUT2D eigenvalue weighted by Gasteiger charge is 2.16. The Morgan fingerprint density at radius 1 is 1.08 bits per heavy atom. The number of anilines is 1. The second-order valence-electron chi connectivity index (χ2n) is 6.42. The van der Waals surface area contributed by atoms with Gasteiger partial charge < -0.3 is 15.4 Å². The van der Waals surface area contributed by atoms with Crippen LogP contribution < -0.4 is 15.4 Å². The average Bonchev–Trinajstić information content (AvgIpc) is 3.10. The number of thiocarbonyl (C=S) groups is 1. The second-order valence-corrected chi connectivity index (χ2v) is 6.83. The molecule has 2 aromatic carbocycles. The third-order valence-corrected chi connectivity index (χ3v) is 4.65. The molecule has 3 rings (SSSR count). The zero-order chi connectivity index (χ0) is 17.6. The van der Waals surface area contributed by atoms with E-state index in [0.717, 1.165) is 29.8 Å².